The summed E-state index contributed by atoms with van der Waals surface area (Å²) in [5.74, 6) is 0.257. The van der Waals surface area contributed by atoms with Gasteiger partial charge in [0.15, 0.2) is 5.78 Å². The van der Waals surface area contributed by atoms with E-state index in [0.717, 1.165) is 39.8 Å². The second-order valence-corrected chi connectivity index (χ2v) is 5.10. The molecule has 3 heteroatoms. The van der Waals surface area contributed by atoms with Gasteiger partial charge in [0.25, 0.3) is 0 Å². The molecule has 1 aliphatic rings. The second-order valence-electron chi connectivity index (χ2n) is 4.31. The number of fused-ring (bicyclic) bond motifs is 1. The highest BCUT2D eigenvalue weighted by Crippen LogP contribution is 2.35. The number of hydrogen-bond acceptors (Lipinski definition) is 1. The quantitative estimate of drug-likeness (QED) is 0.847. The van der Waals surface area contributed by atoms with Gasteiger partial charge in [0.1, 0.15) is 0 Å². The maximum absolute atomic E-state index is 12.1. The zero-order chi connectivity index (χ0) is 11.8. The molecule has 1 aliphatic carbocycles. The molecule has 0 aliphatic heterocycles. The van der Waals surface area contributed by atoms with Crippen LogP contribution in [0.4, 0.5) is 0 Å². The van der Waals surface area contributed by atoms with Crippen LogP contribution in [-0.2, 0) is 6.42 Å². The number of ketones is 1. The molecule has 86 valence electrons. The average molecular weight is 290 g/mol. The lowest BCUT2D eigenvalue weighted by Crippen LogP contribution is -2.09. The van der Waals surface area contributed by atoms with E-state index in [1.165, 1.54) is 0 Å². The molecule has 1 aromatic heterocycles. The van der Waals surface area contributed by atoms with E-state index in [-0.39, 0.29) is 5.78 Å². The monoisotopic (exact) mass is 289 g/mol. The lowest BCUT2D eigenvalue weighted by Gasteiger charge is -2.11. The van der Waals surface area contributed by atoms with Gasteiger partial charge in [-0.1, -0.05) is 30.3 Å². The smallest absolute Gasteiger partial charge is 0.165 e. The third-order valence-corrected chi connectivity index (χ3v) is 3.90. The fourth-order valence-electron chi connectivity index (χ4n) is 2.42. The van der Waals surface area contributed by atoms with Crippen molar-refractivity contribution in [1.82, 2.24) is 4.98 Å². The molecule has 2 aromatic rings. The van der Waals surface area contributed by atoms with E-state index in [0.29, 0.717) is 6.42 Å². The Bertz CT molecular complexity index is 571. The third kappa shape index (κ3) is 1.75. The molecule has 0 bridgehead atoms. The van der Waals surface area contributed by atoms with E-state index < -0.39 is 0 Å². The minimum atomic E-state index is 0.257. The summed E-state index contributed by atoms with van der Waals surface area (Å²) in [4.78, 5) is 15.3. The Hall–Kier alpha value is -1.35. The van der Waals surface area contributed by atoms with E-state index in [1.54, 1.807) is 0 Å². The number of Topliss-reactive ketones (excluding diaryl/α,β-unsaturated/α-hetero) is 1. The fraction of sp³-hybridized carbons (Fsp3) is 0.214. The van der Waals surface area contributed by atoms with Gasteiger partial charge in [-0.3, -0.25) is 4.79 Å². The number of aromatic nitrogens is 1. The highest BCUT2D eigenvalue weighted by atomic mass is 79.9. The van der Waals surface area contributed by atoms with Crippen molar-refractivity contribution in [3.63, 3.8) is 0 Å². The molecule has 0 atom stereocenters. The summed E-state index contributed by atoms with van der Waals surface area (Å²) in [6.45, 7) is 0. The molecule has 0 fully saturated rings. The number of H-pyrrole nitrogens is 1. The molecule has 0 saturated heterocycles. The predicted octanol–water partition coefficient (Wildman–Crippen LogP) is 3.96. The van der Waals surface area contributed by atoms with Gasteiger partial charge in [0, 0.05) is 12.0 Å². The van der Waals surface area contributed by atoms with Crippen LogP contribution in [0.2, 0.25) is 0 Å². The molecule has 0 saturated carbocycles. The Labute approximate surface area is 108 Å². The van der Waals surface area contributed by atoms with Gasteiger partial charge in [-0.15, -0.1) is 0 Å². The summed E-state index contributed by atoms with van der Waals surface area (Å²) in [5, 5.41) is 0. The van der Waals surface area contributed by atoms with Crippen LogP contribution in [0.25, 0.3) is 11.3 Å². The number of nitrogens with one attached hydrogen (secondary N) is 1. The summed E-state index contributed by atoms with van der Waals surface area (Å²) in [7, 11) is 0. The lowest BCUT2D eigenvalue weighted by atomic mass is 9.91. The molecule has 1 heterocycles. The number of carbonyl (C=O) groups excluding carboxylic acids is 1. The maximum Gasteiger partial charge on any atom is 0.165 e. The molecule has 1 aromatic carbocycles. The molecular formula is C14H12BrNO. The van der Waals surface area contributed by atoms with Crippen molar-refractivity contribution >= 4 is 21.7 Å². The third-order valence-electron chi connectivity index (χ3n) is 3.22. The summed E-state index contributed by atoms with van der Waals surface area (Å²) in [6.07, 6.45) is 2.60. The van der Waals surface area contributed by atoms with E-state index in [9.17, 15) is 4.79 Å². The highest BCUT2D eigenvalue weighted by molar-refractivity contribution is 9.10. The zero-order valence-corrected chi connectivity index (χ0v) is 10.9. The van der Waals surface area contributed by atoms with Crippen LogP contribution < -0.4 is 0 Å². The number of hydrogen-bond donors (Lipinski definition) is 1. The van der Waals surface area contributed by atoms with Crippen LogP contribution in [0, 0.1) is 0 Å². The zero-order valence-electron chi connectivity index (χ0n) is 9.29. The van der Waals surface area contributed by atoms with Crippen LogP contribution in [0.1, 0.15) is 28.8 Å². The molecule has 2 nitrogen and oxygen atoms in total. The standard InChI is InChI=1S/C14H12BrNO/c15-14-10-7-4-8-11(17)12(10)13(16-14)9-5-2-1-3-6-9/h1-3,5-6,16H,4,7-8H2. The maximum atomic E-state index is 12.1. The minimum Gasteiger partial charge on any atom is -0.348 e. The highest BCUT2D eigenvalue weighted by Gasteiger charge is 2.25. The summed E-state index contributed by atoms with van der Waals surface area (Å²) >= 11 is 3.52. The number of rotatable bonds is 1. The first-order chi connectivity index (χ1) is 8.27. The van der Waals surface area contributed by atoms with Crippen LogP contribution in [0.15, 0.2) is 34.9 Å². The largest absolute Gasteiger partial charge is 0.348 e. The minimum absolute atomic E-state index is 0.257. The average Bonchev–Trinajstić information content (AvgIpc) is 2.70. The summed E-state index contributed by atoms with van der Waals surface area (Å²) in [6, 6.07) is 10.0. The molecule has 0 spiro atoms. The number of halogens is 1. The Morgan fingerprint density at radius 2 is 1.88 bits per heavy atom. The summed E-state index contributed by atoms with van der Waals surface area (Å²) < 4.78 is 0.958. The Morgan fingerprint density at radius 3 is 2.65 bits per heavy atom. The van der Waals surface area contributed by atoms with Gasteiger partial charge in [0.05, 0.1) is 10.3 Å². The first-order valence-electron chi connectivity index (χ1n) is 5.76. The SMILES string of the molecule is O=C1CCCc2c(Br)[nH]c(-c3ccccc3)c21. The number of aromatic amines is 1. The van der Waals surface area contributed by atoms with E-state index >= 15 is 0 Å². The molecule has 0 unspecified atom stereocenters. The van der Waals surface area contributed by atoms with Crippen LogP contribution in [0.3, 0.4) is 0 Å². The fourth-order valence-corrected chi connectivity index (χ4v) is 3.02. The molecule has 3 rings (SSSR count). The molecule has 1 N–H and O–H groups in total. The van der Waals surface area contributed by atoms with Gasteiger partial charge >= 0.3 is 0 Å². The Balaban J connectivity index is 2.22. The van der Waals surface area contributed by atoms with E-state index in [2.05, 4.69) is 20.9 Å². The van der Waals surface area contributed by atoms with Crippen LogP contribution >= 0.6 is 15.9 Å². The first-order valence-corrected chi connectivity index (χ1v) is 6.55. The normalized spacial score (nSPS) is 14.8. The van der Waals surface area contributed by atoms with Gasteiger partial charge in [-0.2, -0.15) is 0 Å². The van der Waals surface area contributed by atoms with Crippen molar-refractivity contribution in [3.8, 4) is 11.3 Å². The summed E-state index contributed by atoms with van der Waals surface area (Å²) in [5.41, 5.74) is 4.05. The first kappa shape index (κ1) is 10.8. The van der Waals surface area contributed by atoms with E-state index in [1.807, 2.05) is 30.3 Å². The Kier molecular flexibility index (Phi) is 2.63. The van der Waals surface area contributed by atoms with Crippen molar-refractivity contribution < 1.29 is 4.79 Å². The van der Waals surface area contributed by atoms with Crippen LogP contribution in [-0.4, -0.2) is 10.8 Å². The van der Waals surface area contributed by atoms with Crippen molar-refractivity contribution in [2.24, 2.45) is 0 Å². The molecule has 0 radical (unpaired) electrons. The molecule has 17 heavy (non-hydrogen) atoms. The van der Waals surface area contributed by atoms with Gasteiger partial charge < -0.3 is 4.98 Å². The number of carbonyl (C=O) groups is 1. The topological polar surface area (TPSA) is 32.9 Å². The van der Waals surface area contributed by atoms with Crippen molar-refractivity contribution in [2.75, 3.05) is 0 Å². The molecular weight excluding hydrogens is 278 g/mol. The van der Waals surface area contributed by atoms with Crippen molar-refractivity contribution in [1.29, 1.82) is 0 Å². The lowest BCUT2D eigenvalue weighted by molar-refractivity contribution is 0.0973. The Morgan fingerprint density at radius 1 is 1.12 bits per heavy atom. The van der Waals surface area contributed by atoms with Gasteiger partial charge in [-0.25, -0.2) is 0 Å². The van der Waals surface area contributed by atoms with Gasteiger partial charge in [-0.05, 0) is 39.9 Å². The number of benzene rings is 1. The van der Waals surface area contributed by atoms with E-state index in [4.69, 9.17) is 0 Å². The second kappa shape index (κ2) is 4.15. The van der Waals surface area contributed by atoms with Crippen LogP contribution in [0.5, 0.6) is 0 Å². The van der Waals surface area contributed by atoms with Crippen molar-refractivity contribution in [3.05, 3.63) is 46.1 Å². The molecule has 0 amide bonds. The van der Waals surface area contributed by atoms with Gasteiger partial charge in [0.2, 0.25) is 0 Å². The predicted molar refractivity (Wildman–Crippen MR) is 71.2 cm³/mol. The van der Waals surface area contributed by atoms with Crippen molar-refractivity contribution in [2.45, 2.75) is 19.3 Å².